The first-order chi connectivity index (χ1) is 14.9. The highest BCUT2D eigenvalue weighted by atomic mass is 16.5. The molecule has 0 bridgehead atoms. The van der Waals surface area contributed by atoms with Gasteiger partial charge in [0.25, 0.3) is 0 Å². The number of piperazine rings is 1. The summed E-state index contributed by atoms with van der Waals surface area (Å²) in [4.78, 5) is 25.6. The number of likely N-dealkylation sites (tertiary alicyclic amines) is 2. The number of hydrogen-bond donors (Lipinski definition) is 0. The van der Waals surface area contributed by atoms with Crippen LogP contribution in [0.4, 0.5) is 0 Å². The van der Waals surface area contributed by atoms with Crippen LogP contribution < -0.4 is 0 Å². The van der Waals surface area contributed by atoms with Crippen LogP contribution in [-0.4, -0.2) is 127 Å². The zero-order chi connectivity index (χ0) is 21.8. The molecule has 4 rings (SSSR count). The number of ether oxygens (including phenoxy) is 1. The Morgan fingerprint density at radius 1 is 0.774 bits per heavy atom. The minimum Gasteiger partial charge on any atom is -0.379 e. The summed E-state index contributed by atoms with van der Waals surface area (Å²) in [5, 5.41) is 0. The van der Waals surface area contributed by atoms with Crippen molar-refractivity contribution in [2.75, 3.05) is 85.3 Å². The highest BCUT2D eigenvalue weighted by molar-refractivity contribution is 5.79. The van der Waals surface area contributed by atoms with Crippen LogP contribution in [0.25, 0.3) is 0 Å². The van der Waals surface area contributed by atoms with Gasteiger partial charge >= 0.3 is 0 Å². The Kier molecular flexibility index (Phi) is 7.91. The summed E-state index contributed by atoms with van der Waals surface area (Å²) >= 11 is 0. The average Bonchev–Trinajstić information content (AvgIpc) is 2.79. The van der Waals surface area contributed by atoms with Crippen molar-refractivity contribution in [1.82, 2.24) is 24.5 Å². The molecule has 4 aliphatic heterocycles. The summed E-state index contributed by atoms with van der Waals surface area (Å²) < 4.78 is 5.47. The molecular formula is C24H45N5O2. The molecule has 0 N–H and O–H groups in total. The fourth-order valence-corrected chi connectivity index (χ4v) is 5.81. The molecule has 0 atom stereocenters. The Bertz CT molecular complexity index is 565. The fraction of sp³-hybridized carbons (Fsp3) is 0.958. The van der Waals surface area contributed by atoms with Gasteiger partial charge in [-0.05, 0) is 59.5 Å². The van der Waals surface area contributed by atoms with Crippen molar-refractivity contribution >= 4 is 5.91 Å². The van der Waals surface area contributed by atoms with Crippen LogP contribution in [0.5, 0.6) is 0 Å². The molecular weight excluding hydrogens is 390 g/mol. The SMILES string of the molecule is CC(C)(C)N1CCC(C(=O)N2CCN(C3CCN(CN4CCOCC4)CC3)CC2)CC1. The van der Waals surface area contributed by atoms with Gasteiger partial charge in [0.2, 0.25) is 5.91 Å². The molecule has 4 fully saturated rings. The van der Waals surface area contributed by atoms with Crippen molar-refractivity contribution in [2.45, 2.75) is 58.0 Å². The van der Waals surface area contributed by atoms with E-state index in [2.05, 4.69) is 45.3 Å². The van der Waals surface area contributed by atoms with E-state index >= 15 is 0 Å². The number of amides is 1. The van der Waals surface area contributed by atoms with Crippen molar-refractivity contribution in [3.63, 3.8) is 0 Å². The van der Waals surface area contributed by atoms with E-state index in [-0.39, 0.29) is 11.5 Å². The molecule has 7 heteroatoms. The number of nitrogens with zero attached hydrogens (tertiary/aromatic N) is 5. The Labute approximate surface area is 189 Å². The molecule has 1 amide bonds. The van der Waals surface area contributed by atoms with Crippen LogP contribution >= 0.6 is 0 Å². The molecule has 178 valence electrons. The predicted molar refractivity (Wildman–Crippen MR) is 124 cm³/mol. The topological polar surface area (TPSA) is 42.5 Å². The van der Waals surface area contributed by atoms with E-state index in [4.69, 9.17) is 4.74 Å². The smallest absolute Gasteiger partial charge is 0.225 e. The maximum absolute atomic E-state index is 13.1. The molecule has 0 aliphatic carbocycles. The molecule has 4 heterocycles. The lowest BCUT2D eigenvalue weighted by Gasteiger charge is -2.45. The van der Waals surface area contributed by atoms with E-state index in [9.17, 15) is 4.79 Å². The van der Waals surface area contributed by atoms with Crippen LogP contribution in [0, 0.1) is 5.92 Å². The first-order valence-corrected chi connectivity index (χ1v) is 12.7. The third kappa shape index (κ3) is 6.20. The van der Waals surface area contributed by atoms with Crippen molar-refractivity contribution in [1.29, 1.82) is 0 Å². The van der Waals surface area contributed by atoms with Crippen molar-refractivity contribution in [3.8, 4) is 0 Å². The van der Waals surface area contributed by atoms with E-state index in [0.717, 1.165) is 85.1 Å². The van der Waals surface area contributed by atoms with E-state index in [1.807, 2.05) is 0 Å². The molecule has 0 aromatic heterocycles. The molecule has 7 nitrogen and oxygen atoms in total. The average molecular weight is 436 g/mol. The zero-order valence-corrected chi connectivity index (χ0v) is 20.2. The molecule has 0 radical (unpaired) electrons. The maximum atomic E-state index is 13.1. The lowest BCUT2D eigenvalue weighted by Crippen LogP contribution is -2.56. The molecule has 0 aromatic carbocycles. The number of carbonyl (C=O) groups is 1. The second kappa shape index (κ2) is 10.5. The molecule has 0 spiro atoms. The second-order valence-corrected chi connectivity index (χ2v) is 11.0. The number of piperidine rings is 2. The van der Waals surface area contributed by atoms with Gasteiger partial charge < -0.3 is 9.64 Å². The normalized spacial score (nSPS) is 27.6. The quantitative estimate of drug-likeness (QED) is 0.665. The summed E-state index contributed by atoms with van der Waals surface area (Å²) in [6.07, 6.45) is 4.59. The fourth-order valence-electron chi connectivity index (χ4n) is 5.81. The Morgan fingerprint density at radius 2 is 1.35 bits per heavy atom. The van der Waals surface area contributed by atoms with Gasteiger partial charge in [-0.1, -0.05) is 0 Å². The molecule has 0 saturated carbocycles. The van der Waals surface area contributed by atoms with Crippen molar-refractivity contribution < 1.29 is 9.53 Å². The molecule has 0 unspecified atom stereocenters. The maximum Gasteiger partial charge on any atom is 0.225 e. The summed E-state index contributed by atoms with van der Waals surface area (Å²) in [7, 11) is 0. The Balaban J connectivity index is 1.15. The lowest BCUT2D eigenvalue weighted by atomic mass is 9.91. The minimum absolute atomic E-state index is 0.220. The lowest BCUT2D eigenvalue weighted by molar-refractivity contribution is -0.139. The second-order valence-electron chi connectivity index (χ2n) is 11.0. The van der Waals surface area contributed by atoms with Gasteiger partial charge in [-0.3, -0.25) is 24.4 Å². The van der Waals surface area contributed by atoms with Crippen LogP contribution in [0.3, 0.4) is 0 Å². The van der Waals surface area contributed by atoms with Gasteiger partial charge in [0.05, 0.1) is 19.9 Å². The monoisotopic (exact) mass is 435 g/mol. The van der Waals surface area contributed by atoms with Crippen LogP contribution in [-0.2, 0) is 9.53 Å². The number of morpholine rings is 1. The van der Waals surface area contributed by atoms with Crippen molar-refractivity contribution in [2.24, 2.45) is 5.92 Å². The largest absolute Gasteiger partial charge is 0.379 e. The predicted octanol–water partition coefficient (Wildman–Crippen LogP) is 1.40. The number of hydrogen-bond acceptors (Lipinski definition) is 6. The van der Waals surface area contributed by atoms with Crippen LogP contribution in [0.1, 0.15) is 46.5 Å². The van der Waals surface area contributed by atoms with Crippen molar-refractivity contribution in [3.05, 3.63) is 0 Å². The minimum atomic E-state index is 0.220. The summed E-state index contributed by atoms with van der Waals surface area (Å²) in [5.41, 5.74) is 0.220. The first kappa shape index (κ1) is 23.4. The van der Waals surface area contributed by atoms with E-state index < -0.39 is 0 Å². The highest BCUT2D eigenvalue weighted by Gasteiger charge is 2.34. The molecule has 4 aliphatic rings. The summed E-state index contributed by atoms with van der Waals surface area (Å²) in [6.45, 7) is 20.3. The van der Waals surface area contributed by atoms with Gasteiger partial charge in [-0.15, -0.1) is 0 Å². The number of rotatable bonds is 4. The Hall–Kier alpha value is -0.730. The zero-order valence-electron chi connectivity index (χ0n) is 20.2. The van der Waals surface area contributed by atoms with Gasteiger partial charge in [0, 0.05) is 69.9 Å². The number of carbonyl (C=O) groups excluding carboxylic acids is 1. The molecule has 4 saturated heterocycles. The Morgan fingerprint density at radius 3 is 1.94 bits per heavy atom. The van der Waals surface area contributed by atoms with Crippen LogP contribution in [0.15, 0.2) is 0 Å². The van der Waals surface area contributed by atoms with E-state index in [1.54, 1.807) is 0 Å². The molecule has 31 heavy (non-hydrogen) atoms. The third-order valence-corrected chi connectivity index (χ3v) is 8.00. The third-order valence-electron chi connectivity index (χ3n) is 8.00. The summed E-state index contributed by atoms with van der Waals surface area (Å²) in [6, 6.07) is 0.702. The highest BCUT2D eigenvalue weighted by Crippen LogP contribution is 2.26. The van der Waals surface area contributed by atoms with E-state index in [0.29, 0.717) is 11.9 Å². The van der Waals surface area contributed by atoms with Gasteiger partial charge in [-0.2, -0.15) is 0 Å². The van der Waals surface area contributed by atoms with Crippen LogP contribution in [0.2, 0.25) is 0 Å². The van der Waals surface area contributed by atoms with Gasteiger partial charge in [-0.25, -0.2) is 0 Å². The molecule has 0 aromatic rings. The standard InChI is InChI=1S/C24H45N5O2/c1-24(2,3)29-10-4-21(5-11-29)23(30)28-14-12-27(13-15-28)22-6-8-25(9-7-22)20-26-16-18-31-19-17-26/h21-22H,4-20H2,1-3H3. The summed E-state index contributed by atoms with van der Waals surface area (Å²) in [5.74, 6) is 0.669. The van der Waals surface area contributed by atoms with Gasteiger partial charge in [0.1, 0.15) is 0 Å². The first-order valence-electron chi connectivity index (χ1n) is 12.7. The van der Waals surface area contributed by atoms with Gasteiger partial charge in [0.15, 0.2) is 0 Å². The van der Waals surface area contributed by atoms with E-state index in [1.165, 1.54) is 25.9 Å².